The van der Waals surface area contributed by atoms with E-state index in [-0.39, 0.29) is 11.8 Å². The number of aromatic nitrogens is 1. The van der Waals surface area contributed by atoms with E-state index in [1.165, 1.54) is 0 Å². The van der Waals surface area contributed by atoms with Crippen molar-refractivity contribution in [2.24, 2.45) is 5.92 Å². The van der Waals surface area contributed by atoms with E-state index < -0.39 is 0 Å². The predicted molar refractivity (Wildman–Crippen MR) is 93.3 cm³/mol. The van der Waals surface area contributed by atoms with Gasteiger partial charge in [-0.1, -0.05) is 35.9 Å². The van der Waals surface area contributed by atoms with Crippen molar-refractivity contribution >= 4 is 28.4 Å². The average Bonchev–Trinajstić information content (AvgIpc) is 3.33. The number of nitrogens with one attached hydrogen (secondary N) is 2. The number of hydrogen-bond donors (Lipinski definition) is 2. The quantitative estimate of drug-likeness (QED) is 0.728. The van der Waals surface area contributed by atoms with Crippen LogP contribution in [-0.2, 0) is 11.3 Å². The first-order valence-electron chi connectivity index (χ1n) is 7.85. The van der Waals surface area contributed by atoms with Gasteiger partial charge >= 0.3 is 0 Å². The predicted octanol–water partition coefficient (Wildman–Crippen LogP) is 4.51. The van der Waals surface area contributed by atoms with Crippen LogP contribution in [0.5, 0.6) is 0 Å². The maximum Gasteiger partial charge on any atom is 0.223 e. The monoisotopic (exact) mass is 324 g/mol. The Hall–Kier alpha value is -2.26. The Morgan fingerprint density at radius 1 is 1.17 bits per heavy atom. The number of aromatic amines is 1. The van der Waals surface area contributed by atoms with Gasteiger partial charge in [0, 0.05) is 40.1 Å². The maximum atomic E-state index is 11.9. The maximum absolute atomic E-state index is 11.9. The van der Waals surface area contributed by atoms with Crippen LogP contribution in [0.15, 0.2) is 48.7 Å². The van der Waals surface area contributed by atoms with E-state index in [2.05, 4.69) is 22.4 Å². The number of H-pyrrole nitrogens is 1. The molecule has 4 heteroatoms. The van der Waals surface area contributed by atoms with E-state index in [4.69, 9.17) is 11.6 Å². The third-order valence-electron chi connectivity index (χ3n) is 4.35. The van der Waals surface area contributed by atoms with Crippen LogP contribution in [0.2, 0.25) is 5.02 Å². The van der Waals surface area contributed by atoms with Gasteiger partial charge in [-0.05, 0) is 42.2 Å². The lowest BCUT2D eigenvalue weighted by atomic mass is 9.99. The minimum atomic E-state index is 0.157. The highest BCUT2D eigenvalue weighted by atomic mass is 35.5. The molecule has 1 aliphatic rings. The van der Waals surface area contributed by atoms with E-state index in [0.29, 0.717) is 11.6 Å². The van der Waals surface area contributed by atoms with Crippen LogP contribution in [0.25, 0.3) is 22.0 Å². The second-order valence-electron chi connectivity index (χ2n) is 6.04. The van der Waals surface area contributed by atoms with Crippen LogP contribution >= 0.6 is 11.6 Å². The molecule has 0 radical (unpaired) electrons. The SMILES string of the molecule is O=C(NCc1ccc(Cl)cc1-c1c[nH]c2ccccc12)C1CC1. The summed E-state index contributed by atoms with van der Waals surface area (Å²) in [5.74, 6) is 0.378. The summed E-state index contributed by atoms with van der Waals surface area (Å²) in [4.78, 5) is 15.2. The van der Waals surface area contributed by atoms with Crippen LogP contribution in [-0.4, -0.2) is 10.9 Å². The summed E-state index contributed by atoms with van der Waals surface area (Å²) in [5, 5.41) is 4.89. The molecule has 0 bridgehead atoms. The number of benzene rings is 2. The van der Waals surface area contributed by atoms with E-state index >= 15 is 0 Å². The average molecular weight is 325 g/mol. The molecule has 1 aromatic heterocycles. The molecule has 3 aromatic rings. The number of carbonyl (C=O) groups excluding carboxylic acids is 1. The first kappa shape index (κ1) is 14.3. The zero-order valence-corrected chi connectivity index (χ0v) is 13.4. The fourth-order valence-corrected chi connectivity index (χ4v) is 3.09. The second-order valence-corrected chi connectivity index (χ2v) is 6.48. The molecule has 0 atom stereocenters. The van der Waals surface area contributed by atoms with Crippen molar-refractivity contribution in [1.82, 2.24) is 10.3 Å². The summed E-state index contributed by atoms with van der Waals surface area (Å²) in [5.41, 5.74) is 4.34. The van der Waals surface area contributed by atoms with Crippen LogP contribution in [0.4, 0.5) is 0 Å². The first-order valence-corrected chi connectivity index (χ1v) is 8.23. The molecule has 4 rings (SSSR count). The topological polar surface area (TPSA) is 44.9 Å². The van der Waals surface area contributed by atoms with E-state index in [9.17, 15) is 4.79 Å². The van der Waals surface area contributed by atoms with Crippen LogP contribution < -0.4 is 5.32 Å². The summed E-state index contributed by atoms with van der Waals surface area (Å²) in [6, 6.07) is 14.0. The largest absolute Gasteiger partial charge is 0.361 e. The Balaban J connectivity index is 1.71. The molecule has 0 spiro atoms. The number of halogens is 1. The van der Waals surface area contributed by atoms with E-state index in [0.717, 1.165) is 40.4 Å². The molecule has 1 fully saturated rings. The third-order valence-corrected chi connectivity index (χ3v) is 4.59. The Bertz CT molecular complexity index is 880. The molecular formula is C19H17ClN2O. The third kappa shape index (κ3) is 2.84. The molecule has 1 heterocycles. The molecule has 3 nitrogen and oxygen atoms in total. The summed E-state index contributed by atoms with van der Waals surface area (Å²) in [7, 11) is 0. The summed E-state index contributed by atoms with van der Waals surface area (Å²) >= 11 is 6.21. The molecule has 0 aliphatic heterocycles. The number of amides is 1. The van der Waals surface area contributed by atoms with Crippen molar-refractivity contribution in [2.45, 2.75) is 19.4 Å². The smallest absolute Gasteiger partial charge is 0.223 e. The van der Waals surface area contributed by atoms with Gasteiger partial charge in [-0.15, -0.1) is 0 Å². The Morgan fingerprint density at radius 2 is 2.00 bits per heavy atom. The standard InChI is InChI=1S/C19H17ClN2O/c20-14-8-7-13(10-22-19(23)12-5-6-12)16(9-14)17-11-21-18-4-2-1-3-15(17)18/h1-4,7-9,11-12,21H,5-6,10H2,(H,22,23). The van der Waals surface area contributed by atoms with Crippen molar-refractivity contribution < 1.29 is 4.79 Å². The van der Waals surface area contributed by atoms with E-state index in [1.54, 1.807) is 0 Å². The lowest BCUT2D eigenvalue weighted by Gasteiger charge is -2.11. The van der Waals surface area contributed by atoms with Crippen molar-refractivity contribution in [3.63, 3.8) is 0 Å². The highest BCUT2D eigenvalue weighted by molar-refractivity contribution is 6.31. The van der Waals surface area contributed by atoms with E-state index in [1.807, 2.05) is 36.5 Å². The van der Waals surface area contributed by atoms with Crippen LogP contribution in [0.1, 0.15) is 18.4 Å². The van der Waals surface area contributed by atoms with Crippen molar-refractivity contribution in [3.8, 4) is 11.1 Å². The van der Waals surface area contributed by atoms with Crippen molar-refractivity contribution in [3.05, 3.63) is 59.2 Å². The number of hydrogen-bond acceptors (Lipinski definition) is 1. The number of carbonyl (C=O) groups is 1. The zero-order chi connectivity index (χ0) is 15.8. The van der Waals surface area contributed by atoms with Crippen LogP contribution in [0, 0.1) is 5.92 Å². The lowest BCUT2D eigenvalue weighted by molar-refractivity contribution is -0.122. The van der Waals surface area contributed by atoms with Gasteiger partial charge in [0.05, 0.1) is 0 Å². The Labute approximate surface area is 139 Å². The highest BCUT2D eigenvalue weighted by Gasteiger charge is 2.29. The summed E-state index contributed by atoms with van der Waals surface area (Å²) in [6.07, 6.45) is 4.03. The molecule has 2 N–H and O–H groups in total. The minimum Gasteiger partial charge on any atom is -0.361 e. The number of rotatable bonds is 4. The minimum absolute atomic E-state index is 0.157. The molecule has 23 heavy (non-hydrogen) atoms. The van der Waals surface area contributed by atoms with Crippen molar-refractivity contribution in [1.29, 1.82) is 0 Å². The van der Waals surface area contributed by atoms with Gasteiger partial charge in [-0.3, -0.25) is 4.79 Å². The molecule has 1 amide bonds. The Kier molecular flexibility index (Phi) is 3.58. The van der Waals surface area contributed by atoms with Gasteiger partial charge in [0.1, 0.15) is 0 Å². The number of fused-ring (bicyclic) bond motifs is 1. The van der Waals surface area contributed by atoms with Crippen LogP contribution in [0.3, 0.4) is 0 Å². The summed E-state index contributed by atoms with van der Waals surface area (Å²) in [6.45, 7) is 0.529. The molecule has 0 saturated heterocycles. The fraction of sp³-hybridized carbons (Fsp3) is 0.211. The van der Waals surface area contributed by atoms with Gasteiger partial charge in [0.15, 0.2) is 0 Å². The van der Waals surface area contributed by atoms with Gasteiger partial charge in [0.2, 0.25) is 5.91 Å². The zero-order valence-electron chi connectivity index (χ0n) is 12.6. The molecule has 0 unspecified atom stereocenters. The molecular weight excluding hydrogens is 308 g/mol. The fourth-order valence-electron chi connectivity index (χ4n) is 2.92. The Morgan fingerprint density at radius 3 is 2.83 bits per heavy atom. The first-order chi connectivity index (χ1) is 11.2. The lowest BCUT2D eigenvalue weighted by Crippen LogP contribution is -2.24. The van der Waals surface area contributed by atoms with Gasteiger partial charge < -0.3 is 10.3 Å². The van der Waals surface area contributed by atoms with Gasteiger partial charge in [-0.25, -0.2) is 0 Å². The van der Waals surface area contributed by atoms with Gasteiger partial charge in [-0.2, -0.15) is 0 Å². The molecule has 2 aromatic carbocycles. The summed E-state index contributed by atoms with van der Waals surface area (Å²) < 4.78 is 0. The van der Waals surface area contributed by atoms with Gasteiger partial charge in [0.25, 0.3) is 0 Å². The normalized spacial score (nSPS) is 14.1. The molecule has 1 aliphatic carbocycles. The number of para-hydroxylation sites is 1. The molecule has 1 saturated carbocycles. The molecule has 116 valence electrons. The van der Waals surface area contributed by atoms with Crippen molar-refractivity contribution in [2.75, 3.05) is 0 Å². The second kappa shape index (κ2) is 5.74. The highest BCUT2D eigenvalue weighted by Crippen LogP contribution is 2.33.